The molecule has 3 aromatic carbocycles. The topological polar surface area (TPSA) is 146 Å². The molecular weight excluding hydrogens is 536 g/mol. The number of amides is 4. The molecule has 4 amide bonds. The lowest BCUT2D eigenvalue weighted by Gasteiger charge is -2.26. The van der Waals surface area contributed by atoms with E-state index in [1.54, 1.807) is 13.8 Å². The molecule has 0 saturated heterocycles. The Kier molecular flexibility index (Phi) is 9.80. The molecule has 0 unspecified atom stereocenters. The summed E-state index contributed by atoms with van der Waals surface area (Å²) in [4.78, 5) is 49.9. The first-order chi connectivity index (χ1) is 20.1. The number of carboxylic acid groups (broad SMARTS) is 1. The van der Waals surface area contributed by atoms with Crippen molar-refractivity contribution in [2.24, 2.45) is 5.92 Å². The Balaban J connectivity index is 1.41. The predicted octanol–water partition coefficient (Wildman–Crippen LogP) is 4.01. The molecule has 1 aliphatic carbocycles. The van der Waals surface area contributed by atoms with E-state index in [1.165, 1.54) is 6.92 Å². The highest BCUT2D eigenvalue weighted by Gasteiger charge is 2.31. The van der Waals surface area contributed by atoms with Crippen LogP contribution >= 0.6 is 0 Å². The van der Waals surface area contributed by atoms with Crippen LogP contribution < -0.4 is 21.3 Å². The van der Waals surface area contributed by atoms with Gasteiger partial charge in [-0.2, -0.15) is 0 Å². The fourth-order valence-electron chi connectivity index (χ4n) is 5.01. The van der Waals surface area contributed by atoms with Crippen LogP contribution in [0.1, 0.15) is 43.4 Å². The third-order valence-electron chi connectivity index (χ3n) is 7.19. The number of carbonyl (C=O) groups excluding carboxylic acids is 3. The van der Waals surface area contributed by atoms with Crippen LogP contribution in [0.25, 0.3) is 11.1 Å². The van der Waals surface area contributed by atoms with Crippen molar-refractivity contribution in [3.8, 4) is 11.1 Å². The summed E-state index contributed by atoms with van der Waals surface area (Å²) in [5, 5.41) is 19.5. The molecule has 0 aromatic heterocycles. The van der Waals surface area contributed by atoms with Gasteiger partial charge in [-0.3, -0.25) is 9.59 Å². The van der Waals surface area contributed by atoms with Gasteiger partial charge >= 0.3 is 18.1 Å². The minimum absolute atomic E-state index is 0.104. The molecule has 0 saturated carbocycles. The monoisotopic (exact) mass is 572 g/mol. The molecule has 0 fully saturated rings. The number of rotatable bonds is 11. The van der Waals surface area contributed by atoms with E-state index in [4.69, 9.17) is 9.84 Å². The van der Waals surface area contributed by atoms with Crippen LogP contribution in [-0.2, 0) is 20.7 Å². The summed E-state index contributed by atoms with van der Waals surface area (Å²) in [7, 11) is 0. The van der Waals surface area contributed by atoms with E-state index in [2.05, 4.69) is 33.4 Å². The fraction of sp³-hybridized carbons (Fsp3) is 0.312. The van der Waals surface area contributed by atoms with Crippen molar-refractivity contribution in [2.45, 2.75) is 51.4 Å². The van der Waals surface area contributed by atoms with Crippen LogP contribution in [0.2, 0.25) is 0 Å². The number of alkyl carbamates (subject to hydrolysis) is 1. The third-order valence-corrected chi connectivity index (χ3v) is 7.19. The average Bonchev–Trinajstić information content (AvgIpc) is 3.28. The molecule has 10 heteroatoms. The van der Waals surface area contributed by atoms with Crippen molar-refractivity contribution in [2.75, 3.05) is 6.61 Å². The summed E-state index contributed by atoms with van der Waals surface area (Å²) < 4.78 is 5.64. The van der Waals surface area contributed by atoms with Crippen LogP contribution in [0.5, 0.6) is 0 Å². The number of aliphatic carboxylic acids is 1. The molecule has 0 radical (unpaired) electrons. The van der Waals surface area contributed by atoms with Gasteiger partial charge in [-0.05, 0) is 40.7 Å². The molecule has 3 aromatic rings. The molecular formula is C32H36N4O6. The SMILES string of the molecule is CC(C)[C@H](NC(=O)OCC1c2ccccc2-c2ccccc21)C(=O)N[C@@H](Cc1ccccc1)NC(=O)N[C@@H](C)C(=O)O. The summed E-state index contributed by atoms with van der Waals surface area (Å²) in [6.45, 7) is 5.01. The molecule has 4 rings (SSSR count). The van der Waals surface area contributed by atoms with Gasteiger partial charge in [0.25, 0.3) is 0 Å². The summed E-state index contributed by atoms with van der Waals surface area (Å²) in [5.74, 6) is -2.14. The van der Waals surface area contributed by atoms with Crippen molar-refractivity contribution in [3.63, 3.8) is 0 Å². The molecule has 0 heterocycles. The van der Waals surface area contributed by atoms with E-state index in [-0.39, 0.29) is 24.9 Å². The van der Waals surface area contributed by atoms with Gasteiger partial charge in [0.15, 0.2) is 0 Å². The Morgan fingerprint density at radius 2 is 1.33 bits per heavy atom. The van der Waals surface area contributed by atoms with Gasteiger partial charge < -0.3 is 31.1 Å². The quantitative estimate of drug-likeness (QED) is 0.220. The van der Waals surface area contributed by atoms with E-state index in [0.717, 1.165) is 27.8 Å². The van der Waals surface area contributed by atoms with Crippen LogP contribution in [0, 0.1) is 5.92 Å². The number of ether oxygens (including phenoxy) is 1. The van der Waals surface area contributed by atoms with Crippen molar-refractivity contribution in [3.05, 3.63) is 95.6 Å². The van der Waals surface area contributed by atoms with Crippen molar-refractivity contribution in [1.29, 1.82) is 0 Å². The Bertz CT molecular complexity index is 1380. The van der Waals surface area contributed by atoms with Gasteiger partial charge in [0.05, 0.1) is 0 Å². The van der Waals surface area contributed by atoms with Crippen LogP contribution in [0.3, 0.4) is 0 Å². The standard InChI is InChI=1S/C32H36N4O6/c1-19(2)28(29(37)34-27(17-21-11-5-4-6-12-21)35-31(40)33-20(3)30(38)39)36-32(41)42-18-26-24-15-9-7-13-22(24)23-14-8-10-16-25(23)26/h4-16,19-20,26-28H,17-18H2,1-3H3,(H,34,37)(H,36,41)(H,38,39)(H2,33,35,40)/t20-,27+,28-/m0/s1. The summed E-state index contributed by atoms with van der Waals surface area (Å²) in [6.07, 6.45) is -1.38. The second kappa shape index (κ2) is 13.7. The molecule has 0 bridgehead atoms. The molecule has 42 heavy (non-hydrogen) atoms. The average molecular weight is 573 g/mol. The minimum atomic E-state index is -1.19. The van der Waals surface area contributed by atoms with E-state index in [9.17, 15) is 19.2 Å². The number of hydrogen-bond acceptors (Lipinski definition) is 5. The zero-order valence-electron chi connectivity index (χ0n) is 23.8. The van der Waals surface area contributed by atoms with Gasteiger partial charge in [0.1, 0.15) is 24.9 Å². The maximum atomic E-state index is 13.4. The van der Waals surface area contributed by atoms with E-state index in [0.29, 0.717) is 0 Å². The fourth-order valence-corrected chi connectivity index (χ4v) is 5.01. The van der Waals surface area contributed by atoms with Gasteiger partial charge in [-0.15, -0.1) is 0 Å². The van der Waals surface area contributed by atoms with Gasteiger partial charge in [-0.25, -0.2) is 9.59 Å². The van der Waals surface area contributed by atoms with E-state index >= 15 is 0 Å². The minimum Gasteiger partial charge on any atom is -0.480 e. The molecule has 220 valence electrons. The first kappa shape index (κ1) is 30.1. The Morgan fingerprint density at radius 3 is 1.90 bits per heavy atom. The number of carboxylic acids is 1. The van der Waals surface area contributed by atoms with E-state index < -0.39 is 42.3 Å². The summed E-state index contributed by atoms with van der Waals surface area (Å²) in [5.41, 5.74) is 5.21. The Hall–Kier alpha value is -4.86. The van der Waals surface area contributed by atoms with Crippen LogP contribution in [0.4, 0.5) is 9.59 Å². The number of hydrogen-bond donors (Lipinski definition) is 5. The molecule has 5 N–H and O–H groups in total. The van der Waals surface area contributed by atoms with E-state index in [1.807, 2.05) is 66.7 Å². The number of urea groups is 1. The first-order valence-electron chi connectivity index (χ1n) is 13.9. The van der Waals surface area contributed by atoms with Gasteiger partial charge in [-0.1, -0.05) is 92.7 Å². The normalized spacial score (nSPS) is 14.1. The highest BCUT2D eigenvalue weighted by molar-refractivity contribution is 5.87. The largest absolute Gasteiger partial charge is 0.480 e. The van der Waals surface area contributed by atoms with Crippen molar-refractivity contribution >= 4 is 24.0 Å². The molecule has 1 aliphatic rings. The Labute approximate surface area is 244 Å². The lowest BCUT2D eigenvalue weighted by atomic mass is 9.98. The van der Waals surface area contributed by atoms with Crippen LogP contribution in [0.15, 0.2) is 78.9 Å². The van der Waals surface area contributed by atoms with Crippen LogP contribution in [-0.4, -0.2) is 54.0 Å². The molecule has 0 spiro atoms. The summed E-state index contributed by atoms with van der Waals surface area (Å²) >= 11 is 0. The van der Waals surface area contributed by atoms with Crippen molar-refractivity contribution in [1.82, 2.24) is 21.3 Å². The number of fused-ring (bicyclic) bond motifs is 3. The third kappa shape index (κ3) is 7.45. The lowest BCUT2D eigenvalue weighted by molar-refractivity contribution is -0.138. The first-order valence-corrected chi connectivity index (χ1v) is 13.9. The van der Waals surface area contributed by atoms with Crippen molar-refractivity contribution < 1.29 is 29.0 Å². The number of nitrogens with one attached hydrogen (secondary N) is 4. The Morgan fingerprint density at radius 1 is 0.762 bits per heavy atom. The molecule has 0 aliphatic heterocycles. The zero-order valence-corrected chi connectivity index (χ0v) is 23.8. The highest BCUT2D eigenvalue weighted by Crippen LogP contribution is 2.44. The second-order valence-corrected chi connectivity index (χ2v) is 10.6. The zero-order chi connectivity index (χ0) is 30.2. The molecule has 10 nitrogen and oxygen atoms in total. The smallest absolute Gasteiger partial charge is 0.407 e. The maximum absolute atomic E-state index is 13.4. The predicted molar refractivity (Wildman–Crippen MR) is 158 cm³/mol. The molecule has 3 atom stereocenters. The maximum Gasteiger partial charge on any atom is 0.407 e. The number of benzene rings is 3. The van der Waals surface area contributed by atoms with Gasteiger partial charge in [0.2, 0.25) is 5.91 Å². The lowest BCUT2D eigenvalue weighted by Crippen LogP contribution is -2.58. The highest BCUT2D eigenvalue weighted by atomic mass is 16.5. The summed E-state index contributed by atoms with van der Waals surface area (Å²) in [6, 6.07) is 22.4. The number of carbonyl (C=O) groups is 4. The second-order valence-electron chi connectivity index (χ2n) is 10.6. The van der Waals surface area contributed by atoms with Gasteiger partial charge in [0, 0.05) is 12.3 Å².